The molecule has 1 unspecified atom stereocenters. The quantitative estimate of drug-likeness (QED) is 0.217. The number of carbonyl (C=O) groups excluding carboxylic acids is 1. The lowest BCUT2D eigenvalue weighted by molar-refractivity contribution is -0.363. The molecule has 12 heteroatoms. The van der Waals surface area contributed by atoms with Crippen molar-refractivity contribution in [2.45, 2.75) is 36.7 Å². The van der Waals surface area contributed by atoms with Gasteiger partial charge in [0.2, 0.25) is 11.6 Å². The van der Waals surface area contributed by atoms with E-state index in [1.165, 1.54) is 0 Å². The third kappa shape index (κ3) is 2.83. The van der Waals surface area contributed by atoms with Gasteiger partial charge in [-0.25, -0.2) is 4.18 Å². The van der Waals surface area contributed by atoms with E-state index in [0.29, 0.717) is 0 Å². The third-order valence-electron chi connectivity index (χ3n) is 2.90. The average molecular weight is 317 g/mol. The van der Waals surface area contributed by atoms with Crippen molar-refractivity contribution in [3.05, 3.63) is 0 Å². The summed E-state index contributed by atoms with van der Waals surface area (Å²) < 4.78 is 38.6. The largest absolute Gasteiger partial charge is 0.400 e. The maximum absolute atomic E-state index is 11.4. The molecule has 5 atom stereocenters. The van der Waals surface area contributed by atoms with E-state index < -0.39 is 52.6 Å². The van der Waals surface area contributed by atoms with Crippen LogP contribution < -0.4 is 5.73 Å². The Kier molecular flexibility index (Phi) is 4.55. The summed E-state index contributed by atoms with van der Waals surface area (Å²) in [7, 11) is -5.31. The highest BCUT2D eigenvalue weighted by molar-refractivity contribution is 7.80. The lowest BCUT2D eigenvalue weighted by Crippen LogP contribution is -2.77. The number of carbonyl (C=O) groups is 1. The molecule has 11 nitrogen and oxygen atoms in total. The Morgan fingerprint density at radius 3 is 2.30 bits per heavy atom. The molecular weight excluding hydrogens is 302 g/mol. The fourth-order valence-corrected chi connectivity index (χ4v) is 2.35. The zero-order valence-electron chi connectivity index (χ0n) is 10.2. The first-order valence-corrected chi connectivity index (χ1v) is 6.61. The van der Waals surface area contributed by atoms with Gasteiger partial charge in [-0.15, -0.1) is 0 Å². The second kappa shape index (κ2) is 5.25. The van der Waals surface area contributed by atoms with Gasteiger partial charge in [-0.3, -0.25) is 9.35 Å². The van der Waals surface area contributed by atoms with Crippen LogP contribution in [0.2, 0.25) is 0 Å². The zero-order chi connectivity index (χ0) is 15.9. The summed E-state index contributed by atoms with van der Waals surface area (Å²) in [5.74, 6) is -7.38. The highest BCUT2D eigenvalue weighted by Gasteiger charge is 2.65. The van der Waals surface area contributed by atoms with E-state index >= 15 is 0 Å². The van der Waals surface area contributed by atoms with Gasteiger partial charge in [0, 0.05) is 6.92 Å². The standard InChI is InChI=1S/C8H15NO10S/c1-3(11)7(13)6(9)8(14,19-20(15,16)17)5(12)4(2-10)18-7/h4-6,10,12-14H,2,9H2,1H3,(H,15,16,17)/t4-,5-,6-,7?,8+/m1/s1. The van der Waals surface area contributed by atoms with E-state index in [4.69, 9.17) is 15.4 Å². The van der Waals surface area contributed by atoms with Crippen LogP contribution in [-0.2, 0) is 24.1 Å². The molecule has 0 aromatic heterocycles. The van der Waals surface area contributed by atoms with Gasteiger partial charge in [-0.2, -0.15) is 8.42 Å². The number of ketones is 1. The molecule has 0 amide bonds. The van der Waals surface area contributed by atoms with Crippen LogP contribution in [0.4, 0.5) is 0 Å². The van der Waals surface area contributed by atoms with Crippen molar-refractivity contribution in [3.8, 4) is 0 Å². The third-order valence-corrected chi connectivity index (χ3v) is 3.37. The molecule has 1 saturated heterocycles. The number of aliphatic hydroxyl groups is 4. The lowest BCUT2D eigenvalue weighted by Gasteiger charge is -2.49. The Bertz CT molecular complexity index is 493. The molecule has 1 aliphatic rings. The van der Waals surface area contributed by atoms with Crippen molar-refractivity contribution in [1.29, 1.82) is 0 Å². The first kappa shape index (κ1) is 17.4. The molecule has 0 bridgehead atoms. The van der Waals surface area contributed by atoms with E-state index in [1.807, 2.05) is 0 Å². The first-order valence-electron chi connectivity index (χ1n) is 5.24. The highest BCUT2D eigenvalue weighted by Crippen LogP contribution is 2.36. The predicted octanol–water partition coefficient (Wildman–Crippen LogP) is -4.15. The monoisotopic (exact) mass is 317 g/mol. The molecule has 0 spiro atoms. The van der Waals surface area contributed by atoms with Crippen LogP contribution in [0.25, 0.3) is 0 Å². The minimum Gasteiger partial charge on any atom is -0.394 e. The number of hydrogen-bond acceptors (Lipinski definition) is 10. The van der Waals surface area contributed by atoms with Crippen molar-refractivity contribution in [1.82, 2.24) is 0 Å². The van der Waals surface area contributed by atoms with Gasteiger partial charge < -0.3 is 30.9 Å². The van der Waals surface area contributed by atoms with Gasteiger partial charge in [-0.05, 0) is 0 Å². The lowest BCUT2D eigenvalue weighted by atomic mass is 9.86. The van der Waals surface area contributed by atoms with Gasteiger partial charge in [0.25, 0.3) is 0 Å². The van der Waals surface area contributed by atoms with E-state index in [-0.39, 0.29) is 0 Å². The maximum atomic E-state index is 11.4. The normalized spacial score (nSPS) is 42.5. The summed E-state index contributed by atoms with van der Waals surface area (Å²) in [6.07, 6.45) is -4.07. The number of aliphatic hydroxyl groups excluding tert-OH is 2. The van der Waals surface area contributed by atoms with Crippen LogP contribution in [0.1, 0.15) is 6.92 Å². The second-order valence-corrected chi connectivity index (χ2v) is 5.30. The number of Topliss-reactive ketones (excluding diaryl/α,β-unsaturated/α-hetero) is 1. The molecule has 1 aliphatic heterocycles. The fraction of sp³-hybridized carbons (Fsp3) is 0.875. The predicted molar refractivity (Wildman–Crippen MR) is 59.2 cm³/mol. The Morgan fingerprint density at radius 1 is 1.45 bits per heavy atom. The molecule has 0 aromatic carbocycles. The summed E-state index contributed by atoms with van der Waals surface area (Å²) >= 11 is 0. The second-order valence-electron chi connectivity index (χ2n) is 4.28. The Hall–Kier alpha value is -0.700. The van der Waals surface area contributed by atoms with Crippen molar-refractivity contribution >= 4 is 16.2 Å². The van der Waals surface area contributed by atoms with Crippen molar-refractivity contribution < 1.29 is 47.1 Å². The molecule has 7 N–H and O–H groups in total. The van der Waals surface area contributed by atoms with Crippen LogP contribution in [0.5, 0.6) is 0 Å². The molecule has 1 heterocycles. The summed E-state index contributed by atoms with van der Waals surface area (Å²) in [5, 5.41) is 38.6. The summed E-state index contributed by atoms with van der Waals surface area (Å²) in [6.45, 7) is -0.208. The minimum absolute atomic E-state index is 0.805. The Balaban J connectivity index is 3.34. The summed E-state index contributed by atoms with van der Waals surface area (Å²) in [5.41, 5.74) is 5.32. The molecule has 20 heavy (non-hydrogen) atoms. The smallest absolute Gasteiger partial charge is 0.394 e. The van der Waals surface area contributed by atoms with Gasteiger partial charge in [-0.1, -0.05) is 0 Å². The molecule has 118 valence electrons. The van der Waals surface area contributed by atoms with E-state index in [2.05, 4.69) is 8.92 Å². The van der Waals surface area contributed by atoms with Crippen molar-refractivity contribution in [3.63, 3.8) is 0 Å². The van der Waals surface area contributed by atoms with E-state index in [0.717, 1.165) is 6.92 Å². The average Bonchev–Trinajstić information content (AvgIpc) is 2.29. The highest BCUT2D eigenvalue weighted by atomic mass is 32.3. The number of hydrogen-bond donors (Lipinski definition) is 6. The molecule has 0 aliphatic carbocycles. The molecule has 0 radical (unpaired) electrons. The van der Waals surface area contributed by atoms with Gasteiger partial charge in [0.15, 0.2) is 5.78 Å². The van der Waals surface area contributed by atoms with E-state index in [9.17, 15) is 28.5 Å². The zero-order valence-corrected chi connectivity index (χ0v) is 11.0. The van der Waals surface area contributed by atoms with Crippen LogP contribution in [0.15, 0.2) is 0 Å². The topological polar surface area (TPSA) is 197 Å². The Morgan fingerprint density at radius 2 is 1.95 bits per heavy atom. The maximum Gasteiger partial charge on any atom is 0.400 e. The molecule has 1 fully saturated rings. The van der Waals surface area contributed by atoms with Crippen LogP contribution in [0, 0.1) is 0 Å². The number of rotatable bonds is 4. The molecule has 1 rings (SSSR count). The van der Waals surface area contributed by atoms with Crippen molar-refractivity contribution in [2.24, 2.45) is 5.73 Å². The fourth-order valence-electron chi connectivity index (χ4n) is 1.81. The van der Waals surface area contributed by atoms with Gasteiger partial charge in [0.05, 0.1) is 6.61 Å². The number of ether oxygens (including phenoxy) is 1. The molecule has 0 saturated carbocycles. The molecular formula is C8H15NO10S. The van der Waals surface area contributed by atoms with E-state index in [1.54, 1.807) is 0 Å². The van der Waals surface area contributed by atoms with Crippen LogP contribution in [0.3, 0.4) is 0 Å². The van der Waals surface area contributed by atoms with Crippen LogP contribution >= 0.6 is 0 Å². The molecule has 0 aromatic rings. The Labute approximate surface area is 113 Å². The summed E-state index contributed by atoms with van der Waals surface area (Å²) in [4.78, 5) is 11.4. The number of nitrogens with two attached hydrogens (primary N) is 1. The van der Waals surface area contributed by atoms with Crippen molar-refractivity contribution in [2.75, 3.05) is 6.61 Å². The minimum atomic E-state index is -5.31. The van der Waals surface area contributed by atoms with Crippen LogP contribution in [-0.4, -0.2) is 75.6 Å². The SMILES string of the molecule is CC(=O)C1(O)O[C@H](CO)[C@@H](O)[C@](O)(OS(=O)(=O)O)[C@@H]1N. The summed E-state index contributed by atoms with van der Waals surface area (Å²) in [6, 6.07) is -2.28. The first-order chi connectivity index (χ1) is 8.88. The van der Waals surface area contributed by atoms with Gasteiger partial charge in [0.1, 0.15) is 18.2 Å². The van der Waals surface area contributed by atoms with Gasteiger partial charge >= 0.3 is 10.4 Å².